The Morgan fingerprint density at radius 2 is 2.28 bits per heavy atom. The zero-order valence-electron chi connectivity index (χ0n) is 10.9. The van der Waals surface area contributed by atoms with Gasteiger partial charge in [-0.05, 0) is 5.92 Å². The lowest BCUT2D eigenvalue weighted by Gasteiger charge is -2.18. The number of hydrogen-bond acceptors (Lipinski definition) is 4. The quantitative estimate of drug-likeness (QED) is 0.712. The second kappa shape index (κ2) is 6.44. The van der Waals surface area contributed by atoms with E-state index in [0.29, 0.717) is 18.8 Å². The van der Waals surface area contributed by atoms with Gasteiger partial charge in [0, 0.05) is 20.0 Å². The van der Waals surface area contributed by atoms with Crippen molar-refractivity contribution in [3.8, 4) is 0 Å². The van der Waals surface area contributed by atoms with Gasteiger partial charge in [-0.15, -0.1) is 0 Å². The summed E-state index contributed by atoms with van der Waals surface area (Å²) in [7, 11) is 1.80. The van der Waals surface area contributed by atoms with E-state index < -0.39 is 5.92 Å². The minimum absolute atomic E-state index is 0.0930. The van der Waals surface area contributed by atoms with Gasteiger partial charge in [-0.25, -0.2) is 4.98 Å². The summed E-state index contributed by atoms with van der Waals surface area (Å²) < 4.78 is 1.63. The van der Waals surface area contributed by atoms with E-state index in [1.54, 1.807) is 18.1 Å². The van der Waals surface area contributed by atoms with Gasteiger partial charge in [0.05, 0.1) is 10.9 Å². The number of rotatable bonds is 6. The van der Waals surface area contributed by atoms with Gasteiger partial charge in [0.2, 0.25) is 5.91 Å². The predicted molar refractivity (Wildman–Crippen MR) is 72.8 cm³/mol. The number of hydrogen-bond donors (Lipinski definition) is 2. The number of nitrogens with zero attached hydrogens (tertiary/aromatic N) is 3. The fourth-order valence-electron chi connectivity index (χ4n) is 1.67. The minimum atomic E-state index is -0.420. The molecule has 18 heavy (non-hydrogen) atoms. The van der Waals surface area contributed by atoms with E-state index in [4.69, 9.17) is 18.0 Å². The zero-order valence-corrected chi connectivity index (χ0v) is 11.7. The third-order valence-electron chi connectivity index (χ3n) is 2.55. The fraction of sp³-hybridized carbons (Fsp3) is 0.636. The molecule has 7 heteroatoms. The molecular weight excluding hydrogens is 250 g/mol. The molecule has 1 amide bonds. The van der Waals surface area contributed by atoms with Crippen LogP contribution in [0.25, 0.3) is 0 Å². The van der Waals surface area contributed by atoms with Crippen molar-refractivity contribution in [3.05, 3.63) is 12.2 Å². The van der Waals surface area contributed by atoms with Crippen LogP contribution in [0, 0.1) is 11.8 Å². The maximum atomic E-state index is 11.9. The average molecular weight is 269 g/mol. The third kappa shape index (κ3) is 4.06. The van der Waals surface area contributed by atoms with Crippen molar-refractivity contribution in [2.45, 2.75) is 20.3 Å². The average Bonchev–Trinajstić information content (AvgIpc) is 2.63. The van der Waals surface area contributed by atoms with Crippen molar-refractivity contribution < 1.29 is 4.79 Å². The number of carbonyl (C=O) groups is 1. The zero-order chi connectivity index (χ0) is 13.7. The van der Waals surface area contributed by atoms with Crippen molar-refractivity contribution in [2.24, 2.45) is 24.6 Å². The molecule has 0 aliphatic carbocycles. The Morgan fingerprint density at radius 1 is 1.61 bits per heavy atom. The van der Waals surface area contributed by atoms with Gasteiger partial charge < -0.3 is 11.1 Å². The van der Waals surface area contributed by atoms with Gasteiger partial charge in [0.1, 0.15) is 6.33 Å². The number of amides is 1. The van der Waals surface area contributed by atoms with E-state index in [2.05, 4.69) is 15.4 Å². The summed E-state index contributed by atoms with van der Waals surface area (Å²) in [5, 5.41) is 6.93. The Morgan fingerprint density at radius 3 is 2.72 bits per heavy atom. The molecule has 1 unspecified atom stereocenters. The van der Waals surface area contributed by atoms with Gasteiger partial charge in [0.15, 0.2) is 5.82 Å². The summed E-state index contributed by atoms with van der Waals surface area (Å²) in [5.74, 6) is 0.245. The van der Waals surface area contributed by atoms with Crippen LogP contribution in [0.15, 0.2) is 6.33 Å². The van der Waals surface area contributed by atoms with Crippen molar-refractivity contribution in [1.29, 1.82) is 0 Å². The highest BCUT2D eigenvalue weighted by Gasteiger charge is 2.24. The van der Waals surface area contributed by atoms with Crippen LogP contribution >= 0.6 is 12.2 Å². The molecule has 0 aliphatic heterocycles. The van der Waals surface area contributed by atoms with E-state index in [1.807, 2.05) is 13.8 Å². The largest absolute Gasteiger partial charge is 0.393 e. The molecule has 1 heterocycles. The van der Waals surface area contributed by atoms with E-state index in [9.17, 15) is 4.79 Å². The third-order valence-corrected chi connectivity index (χ3v) is 2.80. The number of nitrogens with two attached hydrogens (primary N) is 1. The smallest absolute Gasteiger partial charge is 0.230 e. The molecule has 1 atom stereocenters. The second-order valence-corrected chi connectivity index (χ2v) is 4.97. The first-order valence-corrected chi connectivity index (χ1v) is 6.24. The molecule has 0 radical (unpaired) electrons. The molecule has 0 spiro atoms. The van der Waals surface area contributed by atoms with Crippen molar-refractivity contribution in [1.82, 2.24) is 20.1 Å². The van der Waals surface area contributed by atoms with Crippen LogP contribution in [0.1, 0.15) is 19.7 Å². The number of aromatic nitrogens is 3. The molecular formula is C11H19N5OS. The standard InChI is InChI=1S/C11H19N5OS/c1-7(2)9(10(12)18)11(17)13-5-4-8-14-6-16(3)15-8/h6-7,9H,4-5H2,1-3H3,(H2,12,18)(H,13,17). The second-order valence-electron chi connectivity index (χ2n) is 4.50. The Bertz CT molecular complexity index is 429. The van der Waals surface area contributed by atoms with Gasteiger partial charge in [0.25, 0.3) is 0 Å². The van der Waals surface area contributed by atoms with Crippen molar-refractivity contribution >= 4 is 23.1 Å². The van der Waals surface area contributed by atoms with Gasteiger partial charge in [-0.3, -0.25) is 9.48 Å². The summed E-state index contributed by atoms with van der Waals surface area (Å²) in [6.07, 6.45) is 2.22. The minimum Gasteiger partial charge on any atom is -0.393 e. The molecule has 1 rings (SSSR count). The number of thiocarbonyl (C=S) groups is 1. The highest BCUT2D eigenvalue weighted by molar-refractivity contribution is 7.80. The molecule has 1 aromatic rings. The maximum Gasteiger partial charge on any atom is 0.230 e. The lowest BCUT2D eigenvalue weighted by Crippen LogP contribution is -2.41. The number of aryl methyl sites for hydroxylation is 1. The summed E-state index contributed by atoms with van der Waals surface area (Å²) >= 11 is 4.91. The van der Waals surface area contributed by atoms with Crippen LogP contribution in [0.5, 0.6) is 0 Å². The van der Waals surface area contributed by atoms with Crippen LogP contribution in [0.2, 0.25) is 0 Å². The summed E-state index contributed by atoms with van der Waals surface area (Å²) in [6.45, 7) is 4.32. The molecule has 100 valence electrons. The Balaban J connectivity index is 2.43. The molecule has 0 saturated carbocycles. The van der Waals surface area contributed by atoms with E-state index >= 15 is 0 Å². The molecule has 0 bridgehead atoms. The monoisotopic (exact) mass is 269 g/mol. The molecule has 0 aromatic carbocycles. The molecule has 1 aromatic heterocycles. The maximum absolute atomic E-state index is 11.9. The first-order chi connectivity index (χ1) is 8.41. The predicted octanol–water partition coefficient (Wildman–Crippen LogP) is 0.0321. The summed E-state index contributed by atoms with van der Waals surface area (Å²) in [6, 6.07) is 0. The van der Waals surface area contributed by atoms with Crippen LogP contribution < -0.4 is 11.1 Å². The Kier molecular flexibility index (Phi) is 5.21. The molecule has 0 saturated heterocycles. The molecule has 0 fully saturated rings. The SMILES string of the molecule is CC(C)C(C(=O)NCCc1ncn(C)n1)C(N)=S. The lowest BCUT2D eigenvalue weighted by atomic mass is 9.95. The van der Waals surface area contributed by atoms with E-state index in [0.717, 1.165) is 0 Å². The molecule has 3 N–H and O–H groups in total. The lowest BCUT2D eigenvalue weighted by molar-refractivity contribution is -0.123. The van der Waals surface area contributed by atoms with Crippen LogP contribution in [0.4, 0.5) is 0 Å². The van der Waals surface area contributed by atoms with Gasteiger partial charge in [-0.2, -0.15) is 5.10 Å². The van der Waals surface area contributed by atoms with Gasteiger partial charge >= 0.3 is 0 Å². The molecule has 6 nitrogen and oxygen atoms in total. The highest BCUT2D eigenvalue weighted by atomic mass is 32.1. The first-order valence-electron chi connectivity index (χ1n) is 5.83. The Labute approximate surface area is 112 Å². The Hall–Kier alpha value is -1.50. The van der Waals surface area contributed by atoms with Crippen molar-refractivity contribution in [3.63, 3.8) is 0 Å². The van der Waals surface area contributed by atoms with Crippen LogP contribution in [-0.2, 0) is 18.3 Å². The first kappa shape index (κ1) is 14.6. The number of carbonyl (C=O) groups excluding carboxylic acids is 1. The summed E-state index contributed by atoms with van der Waals surface area (Å²) in [5.41, 5.74) is 5.57. The highest BCUT2D eigenvalue weighted by Crippen LogP contribution is 2.11. The topological polar surface area (TPSA) is 85.8 Å². The number of nitrogens with one attached hydrogen (secondary N) is 1. The fourth-order valence-corrected chi connectivity index (χ4v) is 2.05. The normalized spacial score (nSPS) is 12.4. The van der Waals surface area contributed by atoms with E-state index in [1.165, 1.54) is 0 Å². The van der Waals surface area contributed by atoms with Crippen molar-refractivity contribution in [2.75, 3.05) is 6.54 Å². The van der Waals surface area contributed by atoms with Crippen LogP contribution in [0.3, 0.4) is 0 Å². The van der Waals surface area contributed by atoms with E-state index in [-0.39, 0.29) is 16.8 Å². The summed E-state index contributed by atoms with van der Waals surface area (Å²) in [4.78, 5) is 16.2. The molecule has 0 aliphatic rings. The van der Waals surface area contributed by atoms with Gasteiger partial charge in [-0.1, -0.05) is 26.1 Å². The van der Waals surface area contributed by atoms with Crippen LogP contribution in [-0.4, -0.2) is 32.2 Å².